The summed E-state index contributed by atoms with van der Waals surface area (Å²) in [5.74, 6) is 1.24. The first kappa shape index (κ1) is 33.9. The summed E-state index contributed by atoms with van der Waals surface area (Å²) >= 11 is 0. The summed E-state index contributed by atoms with van der Waals surface area (Å²) in [5.41, 5.74) is 8.69. The molecule has 2 aromatic carbocycles. The summed E-state index contributed by atoms with van der Waals surface area (Å²) in [5, 5.41) is 1.60. The Hall–Kier alpha value is -1.02. The maximum Gasteiger partial charge on any atom is 0.0979 e. The molecule has 0 saturated heterocycles. The van der Waals surface area contributed by atoms with Crippen molar-refractivity contribution in [1.29, 1.82) is 0 Å². The average Bonchev–Trinajstić information content (AvgIpc) is 2.96. The van der Waals surface area contributed by atoms with Gasteiger partial charge in [0.2, 0.25) is 0 Å². The van der Waals surface area contributed by atoms with Crippen molar-refractivity contribution < 1.29 is 4.21 Å². The highest BCUT2D eigenvalue weighted by atomic mass is 32.2. The number of hydrogen-bond acceptors (Lipinski definition) is 1. The summed E-state index contributed by atoms with van der Waals surface area (Å²) in [6.45, 7) is 20.3. The molecule has 0 aliphatic heterocycles. The molecule has 1 N–H and O–H groups in total. The molecule has 0 aromatic heterocycles. The van der Waals surface area contributed by atoms with E-state index in [1.54, 1.807) is 5.30 Å². The highest BCUT2D eigenvalue weighted by molar-refractivity contribution is 7.84. The van der Waals surface area contributed by atoms with Gasteiger partial charge in [-0.15, -0.1) is 0 Å². The van der Waals surface area contributed by atoms with Gasteiger partial charge in [-0.1, -0.05) is 124 Å². The average molecular weight is 610 g/mol. The van der Waals surface area contributed by atoms with Crippen LogP contribution in [0.3, 0.4) is 0 Å². The quantitative estimate of drug-likeness (QED) is 0.267. The third-order valence-corrected chi connectivity index (χ3v) is 14.8. The van der Waals surface area contributed by atoms with Crippen LogP contribution in [-0.4, -0.2) is 20.3 Å². The van der Waals surface area contributed by atoms with Gasteiger partial charge < -0.3 is 0 Å². The molecule has 2 aliphatic rings. The van der Waals surface area contributed by atoms with Crippen molar-refractivity contribution in [2.24, 2.45) is 0 Å². The first-order valence-electron chi connectivity index (χ1n) is 17.1. The van der Waals surface area contributed by atoms with Crippen LogP contribution in [0.25, 0.3) is 0 Å². The number of rotatable bonds is 10. The molecular weight excluding hydrogens is 549 g/mol. The molecule has 4 heteroatoms. The van der Waals surface area contributed by atoms with Crippen molar-refractivity contribution in [3.63, 3.8) is 0 Å². The molecule has 0 bridgehead atoms. The van der Waals surface area contributed by atoms with Crippen LogP contribution in [0.5, 0.6) is 0 Å². The predicted octanol–water partition coefficient (Wildman–Crippen LogP) is 11.0. The van der Waals surface area contributed by atoms with Gasteiger partial charge in [-0.2, -0.15) is 0 Å². The standard InChI is InChI=1S/C38H60NOPS/c1-26(2)29-24-33(27(3)4)36(34(25-29)28(5)6)37(39-42(40)38(7,8)9)32-22-16-17-23-35(32)41(30-18-12-10-13-19-30)31-20-14-11-15-21-31/h16-17,22-28,30-31,37,39H,10-15,18-21H2,1-9H3/t37-,42-/m1/s1. The van der Waals surface area contributed by atoms with Crippen LogP contribution in [0.4, 0.5) is 0 Å². The van der Waals surface area contributed by atoms with Crippen LogP contribution in [0.1, 0.15) is 178 Å². The molecule has 2 aromatic rings. The second-order valence-corrected chi connectivity index (χ2v) is 19.8. The Labute approximate surface area is 263 Å². The zero-order chi connectivity index (χ0) is 30.6. The lowest BCUT2D eigenvalue weighted by Gasteiger charge is -2.41. The normalized spacial score (nSPS) is 19.3. The van der Waals surface area contributed by atoms with Crippen LogP contribution < -0.4 is 10.0 Å². The van der Waals surface area contributed by atoms with Gasteiger partial charge in [0.05, 0.1) is 21.8 Å². The SMILES string of the molecule is CC(C)c1cc(C(C)C)c([C@H](N[S@](=O)C(C)(C)C)c2ccccc2P(C2CCCCC2)C2CCCCC2)c(C(C)C)c1. The molecular formula is C38H60NOPS. The fraction of sp³-hybridized carbons (Fsp3) is 0.684. The molecule has 4 rings (SSSR count). The lowest BCUT2D eigenvalue weighted by Crippen LogP contribution is -2.39. The van der Waals surface area contributed by atoms with Crippen molar-refractivity contribution in [3.05, 3.63) is 64.2 Å². The van der Waals surface area contributed by atoms with Crippen LogP contribution in [0.15, 0.2) is 36.4 Å². The lowest BCUT2D eigenvalue weighted by atomic mass is 9.80. The third kappa shape index (κ3) is 7.97. The van der Waals surface area contributed by atoms with Crippen LogP contribution in [-0.2, 0) is 11.0 Å². The Balaban J connectivity index is 1.98. The molecule has 0 heterocycles. The largest absolute Gasteiger partial charge is 0.242 e. The minimum Gasteiger partial charge on any atom is -0.242 e. The van der Waals surface area contributed by atoms with Gasteiger partial charge in [0.25, 0.3) is 0 Å². The van der Waals surface area contributed by atoms with Crippen LogP contribution in [0, 0.1) is 0 Å². The maximum absolute atomic E-state index is 14.0. The molecule has 2 saturated carbocycles. The molecule has 234 valence electrons. The second kappa shape index (κ2) is 14.8. The molecule has 42 heavy (non-hydrogen) atoms. The minimum absolute atomic E-state index is 0.0885. The van der Waals surface area contributed by atoms with Crippen molar-refractivity contribution in [3.8, 4) is 0 Å². The van der Waals surface area contributed by atoms with Crippen LogP contribution >= 0.6 is 7.92 Å². The summed E-state index contributed by atoms with van der Waals surface area (Å²) in [6.07, 6.45) is 13.9. The molecule has 0 unspecified atom stereocenters. The van der Waals surface area contributed by atoms with E-state index in [9.17, 15) is 4.21 Å². The summed E-state index contributed by atoms with van der Waals surface area (Å²) < 4.78 is 17.5. The van der Waals surface area contributed by atoms with E-state index in [4.69, 9.17) is 0 Å². The Morgan fingerprint density at radius 2 is 1.19 bits per heavy atom. The maximum atomic E-state index is 14.0. The summed E-state index contributed by atoms with van der Waals surface area (Å²) in [6, 6.07) is 14.3. The van der Waals surface area contributed by atoms with Gasteiger partial charge in [0.1, 0.15) is 0 Å². The van der Waals surface area contributed by atoms with Crippen LogP contribution in [0.2, 0.25) is 0 Å². The molecule has 0 spiro atoms. The second-order valence-electron chi connectivity index (χ2n) is 15.1. The van der Waals surface area contributed by atoms with E-state index in [0.29, 0.717) is 17.8 Å². The van der Waals surface area contributed by atoms with Gasteiger partial charge in [0.15, 0.2) is 0 Å². The van der Waals surface area contributed by atoms with E-state index in [2.05, 4.69) is 103 Å². The number of nitrogens with one attached hydrogen (secondary N) is 1. The third-order valence-electron chi connectivity index (χ3n) is 9.71. The Kier molecular flexibility index (Phi) is 12.0. The van der Waals surface area contributed by atoms with Gasteiger partial charge in [0, 0.05) is 0 Å². The highest BCUT2D eigenvalue weighted by Gasteiger charge is 2.37. The Bertz CT molecular complexity index is 1140. The number of hydrogen-bond donors (Lipinski definition) is 1. The van der Waals surface area contributed by atoms with Gasteiger partial charge in [-0.05, 0) is 109 Å². The fourth-order valence-electron chi connectivity index (χ4n) is 7.28. The van der Waals surface area contributed by atoms with E-state index >= 15 is 0 Å². The van der Waals surface area contributed by atoms with E-state index in [1.807, 2.05) is 0 Å². The Morgan fingerprint density at radius 1 is 0.714 bits per heavy atom. The first-order chi connectivity index (χ1) is 19.9. The first-order valence-corrected chi connectivity index (χ1v) is 19.8. The molecule has 2 atom stereocenters. The highest BCUT2D eigenvalue weighted by Crippen LogP contribution is 2.56. The van der Waals surface area contributed by atoms with Crippen molar-refractivity contribution in [2.75, 3.05) is 0 Å². The summed E-state index contributed by atoms with van der Waals surface area (Å²) in [4.78, 5) is 0. The monoisotopic (exact) mass is 609 g/mol. The van der Waals surface area contributed by atoms with Gasteiger partial charge in [-0.3, -0.25) is 0 Å². The zero-order valence-corrected chi connectivity index (χ0v) is 30.0. The van der Waals surface area contributed by atoms with E-state index in [-0.39, 0.29) is 18.7 Å². The molecule has 0 amide bonds. The fourth-order valence-corrected chi connectivity index (χ4v) is 12.1. The van der Waals surface area contributed by atoms with E-state index < -0.39 is 11.0 Å². The zero-order valence-electron chi connectivity index (χ0n) is 28.3. The Morgan fingerprint density at radius 3 is 1.62 bits per heavy atom. The molecule has 2 fully saturated rings. The van der Waals surface area contributed by atoms with E-state index in [0.717, 1.165) is 11.3 Å². The minimum atomic E-state index is -1.20. The number of benzene rings is 2. The molecule has 0 radical (unpaired) electrons. The summed E-state index contributed by atoms with van der Waals surface area (Å²) in [7, 11) is -1.49. The topological polar surface area (TPSA) is 29.1 Å². The predicted molar refractivity (Wildman–Crippen MR) is 188 cm³/mol. The smallest absolute Gasteiger partial charge is 0.0979 e. The van der Waals surface area contributed by atoms with E-state index in [1.165, 1.54) is 92.0 Å². The molecule has 2 nitrogen and oxygen atoms in total. The van der Waals surface area contributed by atoms with Crippen molar-refractivity contribution in [1.82, 2.24) is 4.72 Å². The van der Waals surface area contributed by atoms with Crippen molar-refractivity contribution >= 4 is 24.2 Å². The van der Waals surface area contributed by atoms with Gasteiger partial charge >= 0.3 is 0 Å². The van der Waals surface area contributed by atoms with Gasteiger partial charge in [-0.25, -0.2) is 8.93 Å². The van der Waals surface area contributed by atoms with Crippen molar-refractivity contribution in [2.45, 2.75) is 166 Å². The lowest BCUT2D eigenvalue weighted by molar-refractivity contribution is 0.487. The molecule has 2 aliphatic carbocycles.